The molecule has 1 amide bonds. The zero-order valence-corrected chi connectivity index (χ0v) is 11.6. The SMILES string of the molecule is CCCCN(CCCl)C(=O)C(C)S(C)(=O)=O. The Kier molecular flexibility index (Phi) is 6.99. The van der Waals surface area contributed by atoms with E-state index < -0.39 is 15.1 Å². The quantitative estimate of drug-likeness (QED) is 0.655. The van der Waals surface area contributed by atoms with Gasteiger partial charge in [-0.25, -0.2) is 8.42 Å². The van der Waals surface area contributed by atoms with Crippen LogP contribution in [0.15, 0.2) is 0 Å². The Hall–Kier alpha value is -0.290. The first-order chi connectivity index (χ1) is 7.34. The summed E-state index contributed by atoms with van der Waals surface area (Å²) in [6.45, 7) is 4.41. The monoisotopic (exact) mass is 269 g/mol. The highest BCUT2D eigenvalue weighted by Crippen LogP contribution is 2.06. The third-order valence-electron chi connectivity index (χ3n) is 2.44. The molecule has 96 valence electrons. The van der Waals surface area contributed by atoms with Gasteiger partial charge in [0.1, 0.15) is 5.25 Å². The number of sulfone groups is 1. The Morgan fingerprint density at radius 3 is 2.31 bits per heavy atom. The average molecular weight is 270 g/mol. The van der Waals surface area contributed by atoms with E-state index in [2.05, 4.69) is 0 Å². The molecule has 0 radical (unpaired) electrons. The summed E-state index contributed by atoms with van der Waals surface area (Å²) in [5.74, 6) is -0.0250. The van der Waals surface area contributed by atoms with Crippen LogP contribution in [0.4, 0.5) is 0 Å². The summed E-state index contributed by atoms with van der Waals surface area (Å²) in [5, 5.41) is -0.979. The number of hydrogen-bond donors (Lipinski definition) is 0. The summed E-state index contributed by atoms with van der Waals surface area (Å²) in [7, 11) is -3.32. The molecule has 0 fully saturated rings. The summed E-state index contributed by atoms with van der Waals surface area (Å²) in [4.78, 5) is 13.4. The normalized spacial score (nSPS) is 13.5. The van der Waals surface area contributed by atoms with Crippen LogP contribution in [-0.2, 0) is 14.6 Å². The zero-order valence-electron chi connectivity index (χ0n) is 10.1. The van der Waals surface area contributed by atoms with Crippen molar-refractivity contribution in [3.05, 3.63) is 0 Å². The molecule has 1 atom stereocenters. The van der Waals surface area contributed by atoms with Gasteiger partial charge in [-0.2, -0.15) is 0 Å². The second-order valence-electron chi connectivity index (χ2n) is 3.84. The van der Waals surface area contributed by atoms with Gasteiger partial charge in [0, 0.05) is 25.2 Å². The molecule has 0 N–H and O–H groups in total. The van der Waals surface area contributed by atoms with Crippen LogP contribution in [-0.4, -0.2) is 49.7 Å². The van der Waals surface area contributed by atoms with E-state index in [0.29, 0.717) is 19.0 Å². The Balaban J connectivity index is 4.60. The van der Waals surface area contributed by atoms with Gasteiger partial charge in [0.05, 0.1) is 0 Å². The van der Waals surface area contributed by atoms with Crippen molar-refractivity contribution in [1.29, 1.82) is 0 Å². The first-order valence-electron chi connectivity index (χ1n) is 5.38. The van der Waals surface area contributed by atoms with E-state index in [1.54, 1.807) is 0 Å². The third kappa shape index (κ3) is 5.16. The van der Waals surface area contributed by atoms with Crippen molar-refractivity contribution in [3.63, 3.8) is 0 Å². The lowest BCUT2D eigenvalue weighted by molar-refractivity contribution is -0.130. The Bertz CT molecular complexity index is 316. The molecule has 4 nitrogen and oxygen atoms in total. The maximum absolute atomic E-state index is 11.9. The molecule has 1 unspecified atom stereocenters. The maximum atomic E-state index is 11.9. The molecule has 0 heterocycles. The van der Waals surface area contributed by atoms with Crippen molar-refractivity contribution in [3.8, 4) is 0 Å². The number of carbonyl (C=O) groups is 1. The molecule has 0 aromatic heterocycles. The molecule has 0 aliphatic rings. The Morgan fingerprint density at radius 1 is 1.38 bits per heavy atom. The minimum atomic E-state index is -3.32. The van der Waals surface area contributed by atoms with E-state index in [9.17, 15) is 13.2 Å². The van der Waals surface area contributed by atoms with Crippen molar-refractivity contribution in [2.75, 3.05) is 25.2 Å². The third-order valence-corrected chi connectivity index (χ3v) is 4.09. The average Bonchev–Trinajstić information content (AvgIpc) is 2.20. The van der Waals surface area contributed by atoms with E-state index in [1.807, 2.05) is 6.92 Å². The molecule has 0 aliphatic heterocycles. The molecular weight excluding hydrogens is 250 g/mol. The van der Waals surface area contributed by atoms with Crippen molar-refractivity contribution < 1.29 is 13.2 Å². The molecule has 0 saturated heterocycles. The van der Waals surface area contributed by atoms with Gasteiger partial charge in [-0.1, -0.05) is 13.3 Å². The predicted octanol–water partition coefficient (Wildman–Crippen LogP) is 1.29. The van der Waals surface area contributed by atoms with Gasteiger partial charge >= 0.3 is 0 Å². The maximum Gasteiger partial charge on any atom is 0.240 e. The summed E-state index contributed by atoms with van der Waals surface area (Å²) >= 11 is 5.59. The molecule has 0 aromatic rings. The van der Waals surface area contributed by atoms with Crippen LogP contribution in [0.3, 0.4) is 0 Å². The van der Waals surface area contributed by atoms with Gasteiger partial charge < -0.3 is 4.90 Å². The van der Waals surface area contributed by atoms with E-state index in [1.165, 1.54) is 11.8 Å². The second kappa shape index (κ2) is 7.12. The highest BCUT2D eigenvalue weighted by atomic mass is 35.5. The molecule has 0 saturated carbocycles. The number of unbranched alkanes of at least 4 members (excludes halogenated alkanes) is 1. The van der Waals surface area contributed by atoms with Crippen LogP contribution in [0.1, 0.15) is 26.7 Å². The van der Waals surface area contributed by atoms with Crippen LogP contribution in [0, 0.1) is 0 Å². The van der Waals surface area contributed by atoms with E-state index in [4.69, 9.17) is 11.6 Å². The number of amides is 1. The van der Waals surface area contributed by atoms with Gasteiger partial charge in [0.25, 0.3) is 0 Å². The molecule has 0 spiro atoms. The minimum Gasteiger partial charge on any atom is -0.340 e. The highest BCUT2D eigenvalue weighted by molar-refractivity contribution is 7.92. The van der Waals surface area contributed by atoms with Gasteiger partial charge in [-0.3, -0.25) is 4.79 Å². The largest absolute Gasteiger partial charge is 0.340 e. The zero-order chi connectivity index (χ0) is 12.8. The van der Waals surface area contributed by atoms with Crippen molar-refractivity contribution in [2.45, 2.75) is 31.9 Å². The van der Waals surface area contributed by atoms with Gasteiger partial charge in [-0.15, -0.1) is 11.6 Å². The first-order valence-corrected chi connectivity index (χ1v) is 7.87. The van der Waals surface area contributed by atoms with Gasteiger partial charge in [0.2, 0.25) is 5.91 Å². The lowest BCUT2D eigenvalue weighted by Crippen LogP contribution is -2.42. The fourth-order valence-electron chi connectivity index (χ4n) is 1.22. The van der Waals surface area contributed by atoms with Crippen LogP contribution < -0.4 is 0 Å². The van der Waals surface area contributed by atoms with Crippen molar-refractivity contribution in [2.24, 2.45) is 0 Å². The fourth-order valence-corrected chi connectivity index (χ4v) is 1.94. The summed E-state index contributed by atoms with van der Waals surface area (Å²) in [6.07, 6.45) is 2.90. The van der Waals surface area contributed by atoms with Crippen molar-refractivity contribution >= 4 is 27.3 Å². The van der Waals surface area contributed by atoms with E-state index >= 15 is 0 Å². The number of halogens is 1. The number of alkyl halides is 1. The molecule has 0 rings (SSSR count). The fraction of sp³-hybridized carbons (Fsp3) is 0.900. The van der Waals surface area contributed by atoms with Crippen molar-refractivity contribution in [1.82, 2.24) is 4.90 Å². The summed E-state index contributed by atoms with van der Waals surface area (Å²) < 4.78 is 22.5. The van der Waals surface area contributed by atoms with Gasteiger partial charge in [-0.05, 0) is 13.3 Å². The van der Waals surface area contributed by atoms with Gasteiger partial charge in [0.15, 0.2) is 9.84 Å². The number of rotatable bonds is 7. The molecule has 0 bridgehead atoms. The lowest BCUT2D eigenvalue weighted by atomic mass is 10.3. The molecule has 0 aliphatic carbocycles. The minimum absolute atomic E-state index is 0.325. The Labute approximate surface area is 103 Å². The molecular formula is C10H20ClNO3S. The number of nitrogens with zero attached hydrogens (tertiary/aromatic N) is 1. The van der Waals surface area contributed by atoms with E-state index in [-0.39, 0.29) is 5.91 Å². The summed E-state index contributed by atoms with van der Waals surface area (Å²) in [6, 6.07) is 0. The van der Waals surface area contributed by atoms with Crippen LogP contribution in [0.5, 0.6) is 0 Å². The summed E-state index contributed by atoms with van der Waals surface area (Å²) in [5.41, 5.74) is 0. The predicted molar refractivity (Wildman–Crippen MR) is 66.5 cm³/mol. The molecule has 0 aromatic carbocycles. The van der Waals surface area contributed by atoms with Crippen LogP contribution in [0.25, 0.3) is 0 Å². The van der Waals surface area contributed by atoms with Crippen LogP contribution >= 0.6 is 11.6 Å². The smallest absolute Gasteiger partial charge is 0.240 e. The van der Waals surface area contributed by atoms with Crippen LogP contribution in [0.2, 0.25) is 0 Å². The second-order valence-corrected chi connectivity index (χ2v) is 6.58. The lowest BCUT2D eigenvalue weighted by Gasteiger charge is -2.24. The topological polar surface area (TPSA) is 54.5 Å². The Morgan fingerprint density at radius 2 is 1.94 bits per heavy atom. The highest BCUT2D eigenvalue weighted by Gasteiger charge is 2.27. The van der Waals surface area contributed by atoms with E-state index in [0.717, 1.165) is 19.1 Å². The number of hydrogen-bond acceptors (Lipinski definition) is 3. The molecule has 6 heteroatoms. The molecule has 16 heavy (non-hydrogen) atoms. The standard InChI is InChI=1S/C10H20ClNO3S/c1-4-5-7-12(8-6-11)10(13)9(2)16(3,14)15/h9H,4-8H2,1-3H3. The number of carbonyl (C=O) groups excluding carboxylic acids is 1. The first kappa shape index (κ1) is 15.7.